The maximum atomic E-state index is 13.4. The van der Waals surface area contributed by atoms with Crippen molar-refractivity contribution in [2.45, 2.75) is 78.1 Å². The summed E-state index contributed by atoms with van der Waals surface area (Å²) >= 11 is 0. The Kier molecular flexibility index (Phi) is 6.87. The van der Waals surface area contributed by atoms with Gasteiger partial charge in [0.2, 0.25) is 5.91 Å². The zero-order valence-electron chi connectivity index (χ0n) is 19.0. The van der Waals surface area contributed by atoms with Crippen molar-refractivity contribution in [3.05, 3.63) is 30.3 Å². The van der Waals surface area contributed by atoms with E-state index >= 15 is 0 Å². The van der Waals surface area contributed by atoms with E-state index in [-0.39, 0.29) is 17.2 Å². The Balaban J connectivity index is 1.52. The van der Waals surface area contributed by atoms with Gasteiger partial charge in [-0.2, -0.15) is 0 Å². The van der Waals surface area contributed by atoms with Gasteiger partial charge in [0.15, 0.2) is 0 Å². The van der Waals surface area contributed by atoms with Crippen LogP contribution in [-0.4, -0.2) is 17.6 Å². The monoisotopic (exact) mass is 411 g/mol. The number of nitrogens with one attached hydrogen (secondary N) is 1. The van der Waals surface area contributed by atoms with Crippen LogP contribution >= 0.6 is 0 Å². The summed E-state index contributed by atoms with van der Waals surface area (Å²) < 4.78 is 0. The van der Waals surface area contributed by atoms with Crippen LogP contribution in [0.25, 0.3) is 0 Å². The van der Waals surface area contributed by atoms with E-state index in [2.05, 4.69) is 19.2 Å². The molecule has 166 valence electrons. The number of aliphatic hydroxyl groups is 1. The molecule has 0 aliphatic heterocycles. The second-order valence-electron chi connectivity index (χ2n) is 10.6. The molecule has 0 saturated heterocycles. The minimum Gasteiger partial charge on any atom is -0.396 e. The number of carbonyl (C=O) groups is 1. The molecule has 3 fully saturated rings. The van der Waals surface area contributed by atoms with Gasteiger partial charge in [0.05, 0.1) is 0 Å². The minimum absolute atomic E-state index is 0.136. The van der Waals surface area contributed by atoms with Gasteiger partial charge < -0.3 is 10.4 Å². The largest absolute Gasteiger partial charge is 0.396 e. The molecule has 30 heavy (non-hydrogen) atoms. The van der Waals surface area contributed by atoms with E-state index in [1.54, 1.807) is 0 Å². The van der Waals surface area contributed by atoms with Crippen LogP contribution in [0.1, 0.15) is 78.1 Å². The molecule has 0 radical (unpaired) electrons. The number of rotatable bonds is 6. The first-order valence-electron chi connectivity index (χ1n) is 12.5. The second kappa shape index (κ2) is 9.42. The van der Waals surface area contributed by atoms with Crippen LogP contribution in [0, 0.1) is 40.9 Å². The van der Waals surface area contributed by atoms with Crippen LogP contribution < -0.4 is 5.32 Å². The molecule has 7 unspecified atom stereocenters. The molecular formula is C27H41NO2. The normalized spacial score (nSPS) is 38.4. The summed E-state index contributed by atoms with van der Waals surface area (Å²) in [6.45, 7) is 5.12. The van der Waals surface area contributed by atoms with Crippen molar-refractivity contribution in [3.8, 4) is 0 Å². The maximum Gasteiger partial charge on any atom is 0.228 e. The number of anilines is 1. The summed E-state index contributed by atoms with van der Waals surface area (Å²) in [6.07, 6.45) is 12.1. The summed E-state index contributed by atoms with van der Waals surface area (Å²) in [4.78, 5) is 13.4. The van der Waals surface area contributed by atoms with Crippen molar-refractivity contribution in [2.24, 2.45) is 40.9 Å². The van der Waals surface area contributed by atoms with Crippen LogP contribution in [0.4, 0.5) is 5.69 Å². The number of carbonyl (C=O) groups excluding carboxylic acids is 1. The van der Waals surface area contributed by atoms with Crippen LogP contribution in [0.3, 0.4) is 0 Å². The molecule has 4 rings (SSSR count). The highest BCUT2D eigenvalue weighted by Gasteiger charge is 2.56. The molecule has 3 aliphatic carbocycles. The third kappa shape index (κ3) is 4.07. The first-order chi connectivity index (χ1) is 14.6. The minimum atomic E-state index is 0.136. The molecule has 3 aliphatic rings. The molecule has 3 saturated carbocycles. The quantitative estimate of drug-likeness (QED) is 0.578. The van der Waals surface area contributed by atoms with Crippen LogP contribution in [0.2, 0.25) is 0 Å². The lowest BCUT2D eigenvalue weighted by molar-refractivity contribution is -0.140. The molecular weight excluding hydrogens is 370 g/mol. The number of amides is 1. The van der Waals surface area contributed by atoms with E-state index in [0.717, 1.165) is 42.2 Å². The summed E-state index contributed by atoms with van der Waals surface area (Å²) in [5.41, 5.74) is 1.06. The van der Waals surface area contributed by atoms with Gasteiger partial charge in [-0.1, -0.05) is 44.9 Å². The molecule has 2 N–H and O–H groups in total. The number of benzene rings is 1. The fourth-order valence-corrected chi connectivity index (χ4v) is 7.89. The topological polar surface area (TPSA) is 49.3 Å². The first-order valence-corrected chi connectivity index (χ1v) is 12.5. The van der Waals surface area contributed by atoms with Crippen molar-refractivity contribution in [2.75, 3.05) is 11.9 Å². The van der Waals surface area contributed by atoms with Gasteiger partial charge in [-0.15, -0.1) is 0 Å². The molecule has 1 amide bonds. The average molecular weight is 412 g/mol. The van der Waals surface area contributed by atoms with Gasteiger partial charge in [0.25, 0.3) is 0 Å². The van der Waals surface area contributed by atoms with Gasteiger partial charge in [0, 0.05) is 18.2 Å². The number of fused-ring (bicyclic) bond motifs is 3. The van der Waals surface area contributed by atoms with Gasteiger partial charge in [-0.25, -0.2) is 0 Å². The summed E-state index contributed by atoms with van der Waals surface area (Å²) in [6, 6.07) is 9.97. The van der Waals surface area contributed by atoms with E-state index in [1.807, 2.05) is 30.3 Å². The van der Waals surface area contributed by atoms with E-state index in [9.17, 15) is 9.90 Å². The summed E-state index contributed by atoms with van der Waals surface area (Å²) in [7, 11) is 0. The lowest BCUT2D eigenvalue weighted by Crippen LogP contribution is -2.54. The molecule has 0 aromatic heterocycles. The number of para-hydroxylation sites is 1. The number of aliphatic hydroxyl groups excluding tert-OH is 1. The fourth-order valence-electron chi connectivity index (χ4n) is 7.89. The van der Waals surface area contributed by atoms with Gasteiger partial charge in [-0.05, 0) is 98.5 Å². The zero-order chi connectivity index (χ0) is 21.1. The molecule has 0 spiro atoms. The predicted molar refractivity (Wildman–Crippen MR) is 123 cm³/mol. The van der Waals surface area contributed by atoms with Gasteiger partial charge in [-0.3, -0.25) is 4.79 Å². The number of hydrogen-bond acceptors (Lipinski definition) is 2. The smallest absolute Gasteiger partial charge is 0.228 e. The summed E-state index contributed by atoms with van der Waals surface area (Å²) in [5.74, 6) is 4.27. The molecule has 1 aromatic carbocycles. The standard InChI is InChI=1S/C27H41NO2/c1-3-19-14-15-23-22(21(19)11-8-18-29)16-17-27(2)24(23)12-7-13-25(27)26(30)28-20-9-5-4-6-10-20/h4-6,9-10,19,21-25,29H,3,7-8,11-18H2,1-2H3,(H,28,30). The Morgan fingerprint density at radius 2 is 1.90 bits per heavy atom. The second-order valence-corrected chi connectivity index (χ2v) is 10.6. The van der Waals surface area contributed by atoms with E-state index in [0.29, 0.717) is 12.5 Å². The van der Waals surface area contributed by atoms with Gasteiger partial charge in [0.1, 0.15) is 0 Å². The van der Waals surface area contributed by atoms with Crippen LogP contribution in [-0.2, 0) is 4.79 Å². The zero-order valence-corrected chi connectivity index (χ0v) is 19.0. The Morgan fingerprint density at radius 1 is 1.10 bits per heavy atom. The Morgan fingerprint density at radius 3 is 2.63 bits per heavy atom. The number of hydrogen-bond donors (Lipinski definition) is 2. The molecule has 1 aromatic rings. The third-order valence-electron chi connectivity index (χ3n) is 9.34. The lowest BCUT2D eigenvalue weighted by Gasteiger charge is -2.59. The molecule has 0 bridgehead atoms. The molecule has 3 heteroatoms. The van der Waals surface area contributed by atoms with Crippen molar-refractivity contribution in [3.63, 3.8) is 0 Å². The third-order valence-corrected chi connectivity index (χ3v) is 9.34. The van der Waals surface area contributed by atoms with E-state index in [4.69, 9.17) is 0 Å². The average Bonchev–Trinajstić information content (AvgIpc) is 2.77. The van der Waals surface area contributed by atoms with Crippen LogP contribution in [0.15, 0.2) is 30.3 Å². The fraction of sp³-hybridized carbons (Fsp3) is 0.741. The Labute approximate surface area is 183 Å². The lowest BCUT2D eigenvalue weighted by atomic mass is 9.45. The maximum absolute atomic E-state index is 13.4. The van der Waals surface area contributed by atoms with Crippen molar-refractivity contribution in [1.29, 1.82) is 0 Å². The van der Waals surface area contributed by atoms with Crippen molar-refractivity contribution in [1.82, 2.24) is 0 Å². The van der Waals surface area contributed by atoms with Crippen LogP contribution in [0.5, 0.6) is 0 Å². The highest BCUT2D eigenvalue weighted by atomic mass is 16.2. The predicted octanol–water partition coefficient (Wildman–Crippen LogP) is 6.28. The van der Waals surface area contributed by atoms with Crippen molar-refractivity contribution < 1.29 is 9.90 Å². The van der Waals surface area contributed by atoms with E-state index < -0.39 is 0 Å². The highest BCUT2D eigenvalue weighted by molar-refractivity contribution is 5.93. The van der Waals surface area contributed by atoms with Crippen molar-refractivity contribution >= 4 is 11.6 Å². The first kappa shape index (κ1) is 21.9. The summed E-state index contributed by atoms with van der Waals surface area (Å²) in [5, 5.41) is 12.7. The highest BCUT2D eigenvalue weighted by Crippen LogP contribution is 2.62. The molecule has 3 nitrogen and oxygen atoms in total. The Bertz CT molecular complexity index is 704. The van der Waals surface area contributed by atoms with Gasteiger partial charge >= 0.3 is 0 Å². The SMILES string of the molecule is CCC1CCC2C(CCC3(C)C(C(=O)Nc4ccccc4)CCCC23)C1CCCO. The molecule has 7 atom stereocenters. The molecule has 0 heterocycles. The Hall–Kier alpha value is -1.35. The van der Waals surface area contributed by atoms with E-state index in [1.165, 1.54) is 51.4 Å².